The van der Waals surface area contributed by atoms with Crippen LogP contribution in [0.25, 0.3) is 0 Å². The summed E-state index contributed by atoms with van der Waals surface area (Å²) in [6, 6.07) is 9.05. The standard InChI is InChI=1S/C19H21N3O4/c1-12-5-6-13(2)15(10-12)22-18(24)8-7-14(21-22)19(25)20-11-16(23)17-4-3-9-26-17/h3-6,9-10,16,23H,7-8,11H2,1-2H3,(H,20,25). The fourth-order valence-electron chi connectivity index (χ4n) is 2.73. The van der Waals surface area contributed by atoms with Crippen LogP contribution in [0.5, 0.6) is 0 Å². The number of hydrogen-bond acceptors (Lipinski definition) is 5. The van der Waals surface area contributed by atoms with E-state index in [1.807, 2.05) is 32.0 Å². The molecule has 1 aliphatic rings. The van der Waals surface area contributed by atoms with E-state index in [0.29, 0.717) is 11.4 Å². The number of aryl methyl sites for hydroxylation is 2. The van der Waals surface area contributed by atoms with Crippen LogP contribution in [0.2, 0.25) is 0 Å². The van der Waals surface area contributed by atoms with Crippen molar-refractivity contribution in [2.45, 2.75) is 32.8 Å². The molecule has 1 atom stereocenters. The highest BCUT2D eigenvalue weighted by atomic mass is 16.4. The second-order valence-electron chi connectivity index (χ2n) is 6.28. The first-order valence-electron chi connectivity index (χ1n) is 8.43. The lowest BCUT2D eigenvalue weighted by molar-refractivity contribution is -0.119. The summed E-state index contributed by atoms with van der Waals surface area (Å²) < 4.78 is 5.10. The Kier molecular flexibility index (Phi) is 5.18. The molecule has 7 heteroatoms. The number of hydrazone groups is 1. The Bertz CT molecular complexity index is 842. The molecule has 0 aliphatic carbocycles. The van der Waals surface area contributed by atoms with Crippen LogP contribution >= 0.6 is 0 Å². The van der Waals surface area contributed by atoms with Crippen molar-refractivity contribution in [2.75, 3.05) is 11.6 Å². The van der Waals surface area contributed by atoms with Crippen LogP contribution < -0.4 is 10.3 Å². The number of amides is 2. The van der Waals surface area contributed by atoms with E-state index in [4.69, 9.17) is 4.42 Å². The molecule has 1 unspecified atom stereocenters. The first-order valence-corrected chi connectivity index (χ1v) is 8.43. The number of aliphatic hydroxyl groups is 1. The maximum atomic E-state index is 12.4. The number of carbonyl (C=O) groups excluding carboxylic acids is 2. The van der Waals surface area contributed by atoms with Crippen molar-refractivity contribution in [2.24, 2.45) is 5.10 Å². The van der Waals surface area contributed by atoms with Crippen molar-refractivity contribution in [3.8, 4) is 0 Å². The fourth-order valence-corrected chi connectivity index (χ4v) is 2.73. The molecule has 2 heterocycles. The number of hydrogen-bond donors (Lipinski definition) is 2. The molecule has 1 aromatic heterocycles. The predicted octanol–water partition coefficient (Wildman–Crippen LogP) is 2.23. The van der Waals surface area contributed by atoms with Gasteiger partial charge >= 0.3 is 0 Å². The lowest BCUT2D eigenvalue weighted by Gasteiger charge is -2.25. The van der Waals surface area contributed by atoms with Crippen LogP contribution in [0, 0.1) is 13.8 Å². The molecule has 0 fully saturated rings. The number of aliphatic hydroxyl groups excluding tert-OH is 1. The molecule has 2 amide bonds. The van der Waals surface area contributed by atoms with E-state index in [1.165, 1.54) is 11.3 Å². The van der Waals surface area contributed by atoms with Gasteiger partial charge in [0.25, 0.3) is 5.91 Å². The monoisotopic (exact) mass is 355 g/mol. The van der Waals surface area contributed by atoms with Crippen molar-refractivity contribution < 1.29 is 19.1 Å². The predicted molar refractivity (Wildman–Crippen MR) is 96.7 cm³/mol. The molecule has 0 radical (unpaired) electrons. The second-order valence-corrected chi connectivity index (χ2v) is 6.28. The van der Waals surface area contributed by atoms with E-state index in [0.717, 1.165) is 11.1 Å². The highest BCUT2D eigenvalue weighted by molar-refractivity contribution is 6.40. The van der Waals surface area contributed by atoms with Gasteiger partial charge in [-0.25, -0.2) is 5.01 Å². The Balaban J connectivity index is 1.73. The number of furan rings is 1. The highest BCUT2D eigenvalue weighted by Crippen LogP contribution is 2.25. The Morgan fingerprint density at radius 3 is 2.88 bits per heavy atom. The Labute approximate surface area is 151 Å². The largest absolute Gasteiger partial charge is 0.467 e. The SMILES string of the molecule is Cc1ccc(C)c(N2N=C(C(=O)NCC(O)c3ccco3)CCC2=O)c1. The summed E-state index contributed by atoms with van der Waals surface area (Å²) in [6.45, 7) is 3.83. The van der Waals surface area contributed by atoms with Gasteiger partial charge in [-0.05, 0) is 43.2 Å². The molecule has 1 aromatic carbocycles. The molecule has 0 saturated heterocycles. The van der Waals surface area contributed by atoms with Crippen molar-refractivity contribution in [3.05, 3.63) is 53.5 Å². The van der Waals surface area contributed by atoms with Crippen molar-refractivity contribution in [3.63, 3.8) is 0 Å². The molecule has 26 heavy (non-hydrogen) atoms. The van der Waals surface area contributed by atoms with Crippen molar-refractivity contribution >= 4 is 23.2 Å². The van der Waals surface area contributed by atoms with Gasteiger partial charge in [0.2, 0.25) is 5.91 Å². The molecule has 7 nitrogen and oxygen atoms in total. The minimum atomic E-state index is -0.935. The van der Waals surface area contributed by atoms with Crippen LogP contribution in [-0.4, -0.2) is 29.2 Å². The third-order valence-corrected chi connectivity index (χ3v) is 4.22. The lowest BCUT2D eigenvalue weighted by atomic mass is 10.1. The molecular weight excluding hydrogens is 334 g/mol. The number of carbonyl (C=O) groups is 2. The van der Waals surface area contributed by atoms with E-state index in [1.54, 1.807) is 12.1 Å². The van der Waals surface area contributed by atoms with E-state index >= 15 is 0 Å². The molecule has 0 bridgehead atoms. The minimum absolute atomic E-state index is 0.00276. The summed E-state index contributed by atoms with van der Waals surface area (Å²) in [5.41, 5.74) is 2.85. The van der Waals surface area contributed by atoms with Gasteiger partial charge in [-0.3, -0.25) is 9.59 Å². The first kappa shape index (κ1) is 17.9. The maximum absolute atomic E-state index is 12.4. The van der Waals surface area contributed by atoms with Crippen LogP contribution in [0.15, 0.2) is 46.1 Å². The number of benzene rings is 1. The van der Waals surface area contributed by atoms with Crippen molar-refractivity contribution in [1.82, 2.24) is 5.32 Å². The Morgan fingerprint density at radius 1 is 1.35 bits per heavy atom. The number of nitrogens with one attached hydrogen (secondary N) is 1. The number of rotatable bonds is 5. The summed E-state index contributed by atoms with van der Waals surface area (Å²) >= 11 is 0. The van der Waals surface area contributed by atoms with Crippen LogP contribution in [-0.2, 0) is 9.59 Å². The molecule has 2 aromatic rings. The summed E-state index contributed by atoms with van der Waals surface area (Å²) in [7, 11) is 0. The Hall–Kier alpha value is -2.93. The smallest absolute Gasteiger partial charge is 0.267 e. The summed E-state index contributed by atoms with van der Waals surface area (Å²) in [4.78, 5) is 24.7. The van der Waals surface area contributed by atoms with Gasteiger partial charge in [0.05, 0.1) is 18.5 Å². The maximum Gasteiger partial charge on any atom is 0.267 e. The molecule has 2 N–H and O–H groups in total. The van der Waals surface area contributed by atoms with E-state index in [-0.39, 0.29) is 31.0 Å². The molecule has 1 aliphatic heterocycles. The van der Waals surface area contributed by atoms with Gasteiger partial charge in [-0.1, -0.05) is 12.1 Å². The fraction of sp³-hybridized carbons (Fsp3) is 0.316. The van der Waals surface area contributed by atoms with Gasteiger partial charge in [-0.2, -0.15) is 5.10 Å². The normalized spacial score (nSPS) is 15.6. The minimum Gasteiger partial charge on any atom is -0.467 e. The van der Waals surface area contributed by atoms with Gasteiger partial charge in [0.1, 0.15) is 17.6 Å². The first-order chi connectivity index (χ1) is 12.5. The van der Waals surface area contributed by atoms with E-state index in [2.05, 4.69) is 10.4 Å². The summed E-state index contributed by atoms with van der Waals surface area (Å²) in [5, 5.41) is 18.2. The molecule has 136 valence electrons. The zero-order chi connectivity index (χ0) is 18.7. The Morgan fingerprint density at radius 2 is 2.15 bits per heavy atom. The summed E-state index contributed by atoms with van der Waals surface area (Å²) in [5.74, 6) is -0.174. The van der Waals surface area contributed by atoms with Crippen LogP contribution in [0.3, 0.4) is 0 Å². The second kappa shape index (κ2) is 7.53. The summed E-state index contributed by atoms with van der Waals surface area (Å²) in [6.07, 6.45) is 0.998. The average Bonchev–Trinajstić information content (AvgIpc) is 3.17. The zero-order valence-electron chi connectivity index (χ0n) is 14.7. The van der Waals surface area contributed by atoms with Gasteiger partial charge < -0.3 is 14.8 Å². The molecule has 3 rings (SSSR count). The topological polar surface area (TPSA) is 95.1 Å². The van der Waals surface area contributed by atoms with E-state index < -0.39 is 12.0 Å². The van der Waals surface area contributed by atoms with Crippen LogP contribution in [0.4, 0.5) is 5.69 Å². The molecular formula is C19H21N3O4. The van der Waals surface area contributed by atoms with Crippen LogP contribution in [0.1, 0.15) is 35.8 Å². The third-order valence-electron chi connectivity index (χ3n) is 4.22. The molecule has 0 saturated carbocycles. The quantitative estimate of drug-likeness (QED) is 0.860. The average molecular weight is 355 g/mol. The van der Waals surface area contributed by atoms with Gasteiger partial charge in [0.15, 0.2) is 0 Å². The van der Waals surface area contributed by atoms with Crippen molar-refractivity contribution in [1.29, 1.82) is 0 Å². The number of anilines is 1. The zero-order valence-corrected chi connectivity index (χ0v) is 14.7. The van der Waals surface area contributed by atoms with Gasteiger partial charge in [-0.15, -0.1) is 0 Å². The molecule has 0 spiro atoms. The van der Waals surface area contributed by atoms with Gasteiger partial charge in [0, 0.05) is 12.8 Å². The highest BCUT2D eigenvalue weighted by Gasteiger charge is 2.27. The lowest BCUT2D eigenvalue weighted by Crippen LogP contribution is -2.40. The third kappa shape index (κ3) is 3.83. The van der Waals surface area contributed by atoms with E-state index in [9.17, 15) is 14.7 Å². The number of nitrogens with zero attached hydrogens (tertiary/aromatic N) is 2.